The molecule has 0 spiro atoms. The Bertz CT molecular complexity index is 173. The van der Waals surface area contributed by atoms with Crippen LogP contribution >= 0.6 is 0 Å². The van der Waals surface area contributed by atoms with Crippen LogP contribution in [0.2, 0.25) is 0 Å². The SMILES string of the molecule is [O-]/N=[N+](\[O-])N1CCCCC1CO. The van der Waals surface area contributed by atoms with E-state index in [0.29, 0.717) is 6.54 Å². The van der Waals surface area contributed by atoms with Gasteiger partial charge in [0.2, 0.25) is 0 Å². The number of nitrogens with zero attached hydrogens (tertiary/aromatic N) is 3. The van der Waals surface area contributed by atoms with Crippen LogP contribution in [-0.2, 0) is 0 Å². The minimum Gasteiger partial charge on any atom is -0.737 e. The third-order valence-electron chi connectivity index (χ3n) is 2.10. The summed E-state index contributed by atoms with van der Waals surface area (Å²) in [6.07, 6.45) is 2.59. The third-order valence-corrected chi connectivity index (χ3v) is 2.10. The van der Waals surface area contributed by atoms with Crippen LogP contribution in [0.3, 0.4) is 0 Å². The summed E-state index contributed by atoms with van der Waals surface area (Å²) < 4.78 is 0. The van der Waals surface area contributed by atoms with Gasteiger partial charge in [-0.05, 0) is 24.5 Å². The van der Waals surface area contributed by atoms with Gasteiger partial charge in [-0.2, -0.15) is 0 Å². The minimum absolute atomic E-state index is 0.0278. The fourth-order valence-electron chi connectivity index (χ4n) is 1.44. The number of hydrogen-bond acceptors (Lipinski definition) is 4. The van der Waals surface area contributed by atoms with Gasteiger partial charge in [-0.1, -0.05) is 0 Å². The number of aliphatic hydroxyl groups is 1. The Morgan fingerprint density at radius 2 is 2.33 bits per heavy atom. The van der Waals surface area contributed by atoms with Gasteiger partial charge < -0.3 is 15.5 Å². The number of rotatable bonds is 2. The molecule has 1 unspecified atom stereocenters. The van der Waals surface area contributed by atoms with Gasteiger partial charge in [0, 0.05) is 4.97 Å². The zero-order chi connectivity index (χ0) is 8.97. The van der Waals surface area contributed by atoms with Gasteiger partial charge in [-0.15, -0.1) is 5.01 Å². The maximum absolute atomic E-state index is 10.8. The predicted molar refractivity (Wildman–Crippen MR) is 40.9 cm³/mol. The van der Waals surface area contributed by atoms with E-state index in [4.69, 9.17) is 5.11 Å². The van der Waals surface area contributed by atoms with Gasteiger partial charge in [0.05, 0.1) is 13.2 Å². The summed E-state index contributed by atoms with van der Waals surface area (Å²) in [7, 11) is 0. The largest absolute Gasteiger partial charge is 0.737 e. The molecule has 6 heteroatoms. The topological polar surface area (TPSA) is 85.0 Å². The lowest BCUT2D eigenvalue weighted by Gasteiger charge is -2.30. The van der Waals surface area contributed by atoms with E-state index in [1.807, 2.05) is 0 Å². The molecule has 0 amide bonds. The van der Waals surface area contributed by atoms with Gasteiger partial charge >= 0.3 is 0 Å². The highest BCUT2D eigenvalue weighted by Gasteiger charge is 2.26. The van der Waals surface area contributed by atoms with Crippen molar-refractivity contribution in [2.24, 2.45) is 5.28 Å². The smallest absolute Gasteiger partial charge is 0.111 e. The van der Waals surface area contributed by atoms with Crippen LogP contribution in [0.25, 0.3) is 0 Å². The Labute approximate surface area is 70.2 Å². The Hall–Kier alpha value is -1.04. The van der Waals surface area contributed by atoms with E-state index in [2.05, 4.69) is 5.28 Å². The average molecular weight is 174 g/mol. The second-order valence-corrected chi connectivity index (χ2v) is 2.83. The first-order valence-electron chi connectivity index (χ1n) is 3.97. The molecular formula is C6H12N3O3-. The predicted octanol–water partition coefficient (Wildman–Crippen LogP) is 0.209. The first-order chi connectivity index (χ1) is 5.79. The molecule has 0 radical (unpaired) electrons. The average Bonchev–Trinajstić information content (AvgIpc) is 2.16. The lowest BCUT2D eigenvalue weighted by Crippen LogP contribution is -2.45. The highest BCUT2D eigenvalue weighted by Crippen LogP contribution is 2.16. The van der Waals surface area contributed by atoms with Crippen LogP contribution in [-0.4, -0.2) is 34.3 Å². The first-order valence-corrected chi connectivity index (χ1v) is 3.97. The van der Waals surface area contributed by atoms with Gasteiger partial charge in [0.15, 0.2) is 0 Å². The molecule has 0 bridgehead atoms. The molecule has 1 rings (SSSR count). The molecule has 1 aliphatic rings. The summed E-state index contributed by atoms with van der Waals surface area (Å²) >= 11 is 0. The van der Waals surface area contributed by atoms with E-state index < -0.39 is 0 Å². The van der Waals surface area contributed by atoms with Crippen LogP contribution in [0.1, 0.15) is 19.3 Å². The molecule has 0 aromatic carbocycles. The first kappa shape index (κ1) is 9.05. The third kappa shape index (κ3) is 1.76. The van der Waals surface area contributed by atoms with Crippen molar-refractivity contribution in [3.63, 3.8) is 0 Å². The van der Waals surface area contributed by atoms with E-state index in [-0.39, 0.29) is 17.6 Å². The second-order valence-electron chi connectivity index (χ2n) is 2.83. The lowest BCUT2D eigenvalue weighted by molar-refractivity contribution is -0.701. The molecular weight excluding hydrogens is 162 g/mol. The molecule has 6 nitrogen and oxygen atoms in total. The molecule has 1 saturated heterocycles. The molecule has 0 aromatic rings. The number of hydrogen-bond donors (Lipinski definition) is 1. The summed E-state index contributed by atoms with van der Waals surface area (Å²) in [5, 5.41) is 33.1. The van der Waals surface area contributed by atoms with Gasteiger partial charge in [-0.25, -0.2) is 0 Å². The molecule has 1 atom stereocenters. The standard InChI is InChI=1S/C6H13N3O3/c10-5-6-3-1-2-4-8(6)9(12)7-11/h6,10-11H,1-5H2/p-1/b9-7-. The van der Waals surface area contributed by atoms with E-state index in [9.17, 15) is 10.4 Å². The van der Waals surface area contributed by atoms with Crippen molar-refractivity contribution in [1.82, 2.24) is 5.01 Å². The highest BCUT2D eigenvalue weighted by molar-refractivity contribution is 4.69. The van der Waals surface area contributed by atoms with Crippen molar-refractivity contribution < 1.29 is 10.1 Å². The van der Waals surface area contributed by atoms with Crippen molar-refractivity contribution in [2.45, 2.75) is 25.3 Å². The Morgan fingerprint density at radius 1 is 1.58 bits per heavy atom. The Morgan fingerprint density at radius 3 is 2.92 bits per heavy atom. The monoisotopic (exact) mass is 174 g/mol. The Kier molecular flexibility index (Phi) is 3.09. The molecule has 0 aromatic heterocycles. The van der Waals surface area contributed by atoms with Crippen molar-refractivity contribution in [1.29, 1.82) is 0 Å². The summed E-state index contributed by atoms with van der Waals surface area (Å²) in [6.45, 7) is 0.398. The number of aliphatic hydroxyl groups excluding tert-OH is 1. The van der Waals surface area contributed by atoms with Gasteiger partial charge in [0.25, 0.3) is 0 Å². The molecule has 0 aliphatic carbocycles. The highest BCUT2D eigenvalue weighted by atomic mass is 16.6. The van der Waals surface area contributed by atoms with E-state index in [0.717, 1.165) is 19.3 Å². The quantitative estimate of drug-likeness (QED) is 0.368. The fourth-order valence-corrected chi connectivity index (χ4v) is 1.44. The van der Waals surface area contributed by atoms with Crippen LogP contribution in [0.4, 0.5) is 0 Å². The number of piperidine rings is 1. The van der Waals surface area contributed by atoms with Crippen LogP contribution < -0.4 is 0 Å². The molecule has 12 heavy (non-hydrogen) atoms. The van der Waals surface area contributed by atoms with Crippen LogP contribution in [0, 0.1) is 10.4 Å². The summed E-state index contributed by atoms with van der Waals surface area (Å²) in [5.74, 6) is 0. The normalized spacial score (nSPS) is 25.9. The zero-order valence-electron chi connectivity index (χ0n) is 6.72. The van der Waals surface area contributed by atoms with E-state index in [1.54, 1.807) is 0 Å². The lowest BCUT2D eigenvalue weighted by atomic mass is 10.1. The van der Waals surface area contributed by atoms with Crippen molar-refractivity contribution >= 4 is 0 Å². The van der Waals surface area contributed by atoms with Gasteiger partial charge in [-0.3, -0.25) is 0 Å². The molecule has 1 fully saturated rings. The number of hydrazine groups is 1. The van der Waals surface area contributed by atoms with Crippen molar-refractivity contribution in [3.8, 4) is 0 Å². The maximum atomic E-state index is 10.8. The molecule has 70 valence electrons. The molecule has 1 heterocycles. The van der Waals surface area contributed by atoms with Crippen molar-refractivity contribution in [2.75, 3.05) is 13.2 Å². The molecule has 0 saturated carbocycles. The van der Waals surface area contributed by atoms with E-state index >= 15 is 0 Å². The summed E-state index contributed by atoms with van der Waals surface area (Å²) in [6, 6.07) is -0.242. The maximum Gasteiger partial charge on any atom is 0.111 e. The van der Waals surface area contributed by atoms with E-state index in [1.165, 1.54) is 5.01 Å². The van der Waals surface area contributed by atoms with Crippen LogP contribution in [0.15, 0.2) is 5.28 Å². The van der Waals surface area contributed by atoms with Gasteiger partial charge in [0.1, 0.15) is 6.04 Å². The van der Waals surface area contributed by atoms with Crippen molar-refractivity contribution in [3.05, 3.63) is 10.4 Å². The molecule has 1 N–H and O–H groups in total. The summed E-state index contributed by atoms with van der Waals surface area (Å²) in [4.78, 5) is 0.0278. The Balaban J connectivity index is 2.58. The second kappa shape index (κ2) is 4.10. The summed E-state index contributed by atoms with van der Waals surface area (Å²) in [5.41, 5.74) is 0. The zero-order valence-corrected chi connectivity index (χ0v) is 6.72. The van der Waals surface area contributed by atoms with Crippen LogP contribution in [0.5, 0.6) is 0 Å². The molecule has 1 aliphatic heterocycles. The fraction of sp³-hybridized carbons (Fsp3) is 1.00. The minimum atomic E-state index is -0.242.